The number of aromatic nitrogens is 5. The quantitative estimate of drug-likeness (QED) is 0.455. The monoisotopic (exact) mass is 456 g/mol. The summed E-state index contributed by atoms with van der Waals surface area (Å²) < 4.78 is 56.1. The normalized spacial score (nSPS) is 12.4. The number of carbonyl (C=O) groups excluding carboxylic acids is 1. The molecule has 4 rings (SSSR count). The third-order valence-electron chi connectivity index (χ3n) is 4.86. The highest BCUT2D eigenvalue weighted by Crippen LogP contribution is 2.32. The average molecular weight is 456 g/mol. The van der Waals surface area contributed by atoms with E-state index in [-0.39, 0.29) is 34.0 Å². The van der Waals surface area contributed by atoms with Gasteiger partial charge in [-0.05, 0) is 31.2 Å². The third kappa shape index (κ3) is 4.56. The van der Waals surface area contributed by atoms with Gasteiger partial charge in [-0.1, -0.05) is 18.2 Å². The molecule has 1 amide bonds. The lowest BCUT2D eigenvalue weighted by Crippen LogP contribution is -2.38. The van der Waals surface area contributed by atoms with Crippen molar-refractivity contribution in [1.29, 1.82) is 0 Å². The predicted octanol–water partition coefficient (Wildman–Crippen LogP) is 4.21. The van der Waals surface area contributed by atoms with Crippen LogP contribution >= 0.6 is 0 Å². The summed E-state index contributed by atoms with van der Waals surface area (Å²) in [5.74, 6) is -1.42. The Kier molecular flexibility index (Phi) is 5.86. The molecule has 3 heterocycles. The number of nitrogens with zero attached hydrogens (tertiary/aromatic N) is 5. The van der Waals surface area contributed by atoms with Gasteiger partial charge in [0.05, 0.1) is 23.1 Å². The van der Waals surface area contributed by atoms with Gasteiger partial charge >= 0.3 is 6.18 Å². The summed E-state index contributed by atoms with van der Waals surface area (Å²) in [5, 5.41) is 6.04. The number of alkyl halides is 3. The minimum Gasteiger partial charge on any atom is -0.337 e. The fourth-order valence-electron chi connectivity index (χ4n) is 3.21. The fourth-order valence-corrected chi connectivity index (χ4v) is 3.21. The molecule has 1 aromatic carbocycles. The molecule has 1 N–H and O–H groups in total. The molecule has 4 aromatic rings. The molecule has 0 fully saturated rings. The summed E-state index contributed by atoms with van der Waals surface area (Å²) in [5.41, 5.74) is 0.448. The molecule has 0 aliphatic heterocycles. The zero-order valence-electron chi connectivity index (χ0n) is 17.1. The SMILES string of the molecule is Cc1c(C(=O)N[C@@H](c2cccnc2)C(F)(F)F)cnn1-c1nccc(-c2ccccc2F)n1. The number of carbonyl (C=O) groups is 1. The third-order valence-corrected chi connectivity index (χ3v) is 4.86. The number of hydrogen-bond donors (Lipinski definition) is 1. The lowest BCUT2D eigenvalue weighted by molar-refractivity contribution is -0.155. The summed E-state index contributed by atoms with van der Waals surface area (Å²) >= 11 is 0. The molecule has 0 bridgehead atoms. The number of pyridine rings is 1. The maximum absolute atomic E-state index is 14.1. The summed E-state index contributed by atoms with van der Waals surface area (Å²) in [4.78, 5) is 24.8. The van der Waals surface area contributed by atoms with E-state index in [9.17, 15) is 22.4 Å². The largest absolute Gasteiger partial charge is 0.412 e. The van der Waals surface area contributed by atoms with Crippen LogP contribution in [0.2, 0.25) is 0 Å². The van der Waals surface area contributed by atoms with E-state index in [0.717, 1.165) is 12.4 Å². The maximum atomic E-state index is 14.1. The molecule has 1 atom stereocenters. The molecule has 3 aromatic heterocycles. The molecular formula is C22H16F4N6O. The van der Waals surface area contributed by atoms with E-state index >= 15 is 0 Å². The van der Waals surface area contributed by atoms with Crippen LogP contribution < -0.4 is 5.32 Å². The molecule has 0 spiro atoms. The Bertz CT molecular complexity index is 1290. The standard InChI is InChI=1S/C22H16F4N6O/c1-13-16(20(33)31-19(22(24,25)26)14-5-4-9-27-11-14)12-29-32(13)21-28-10-8-18(30-21)15-6-2-3-7-17(15)23/h2-12,19H,1H3,(H,31,33)/t19-/m0/s1. The highest BCUT2D eigenvalue weighted by molar-refractivity contribution is 5.95. The Balaban J connectivity index is 1.64. The lowest BCUT2D eigenvalue weighted by Gasteiger charge is -2.21. The molecular weight excluding hydrogens is 440 g/mol. The van der Waals surface area contributed by atoms with Gasteiger partial charge in [0.15, 0.2) is 6.04 Å². The van der Waals surface area contributed by atoms with Crippen LogP contribution in [0.4, 0.5) is 17.6 Å². The van der Waals surface area contributed by atoms with Crippen molar-refractivity contribution in [2.45, 2.75) is 19.1 Å². The van der Waals surface area contributed by atoms with Crippen LogP contribution in [0.25, 0.3) is 17.2 Å². The second kappa shape index (κ2) is 8.77. The van der Waals surface area contributed by atoms with Gasteiger partial charge in [-0.25, -0.2) is 19.0 Å². The Morgan fingerprint density at radius 1 is 1.06 bits per heavy atom. The van der Waals surface area contributed by atoms with Gasteiger partial charge in [0.2, 0.25) is 0 Å². The zero-order valence-corrected chi connectivity index (χ0v) is 17.1. The van der Waals surface area contributed by atoms with E-state index in [1.807, 2.05) is 5.32 Å². The molecule has 0 radical (unpaired) electrons. The van der Waals surface area contributed by atoms with E-state index in [1.54, 1.807) is 18.2 Å². The molecule has 0 aliphatic carbocycles. The van der Waals surface area contributed by atoms with Crippen molar-refractivity contribution < 1.29 is 22.4 Å². The molecule has 0 unspecified atom stereocenters. The van der Waals surface area contributed by atoms with Crippen LogP contribution in [-0.2, 0) is 0 Å². The van der Waals surface area contributed by atoms with Crippen LogP contribution in [0.15, 0.2) is 67.3 Å². The summed E-state index contributed by atoms with van der Waals surface area (Å²) in [6.07, 6.45) is 0.159. The van der Waals surface area contributed by atoms with E-state index in [0.29, 0.717) is 0 Å². The van der Waals surface area contributed by atoms with Gasteiger partial charge in [-0.3, -0.25) is 9.78 Å². The van der Waals surface area contributed by atoms with Crippen LogP contribution in [-0.4, -0.2) is 36.8 Å². The molecule has 33 heavy (non-hydrogen) atoms. The van der Waals surface area contributed by atoms with E-state index in [4.69, 9.17) is 0 Å². The molecule has 0 saturated heterocycles. The predicted molar refractivity (Wildman–Crippen MR) is 110 cm³/mol. The van der Waals surface area contributed by atoms with Crippen LogP contribution in [0.1, 0.15) is 27.7 Å². The van der Waals surface area contributed by atoms with Crippen LogP contribution in [0.3, 0.4) is 0 Å². The summed E-state index contributed by atoms with van der Waals surface area (Å²) in [7, 11) is 0. The van der Waals surface area contributed by atoms with Crippen molar-refractivity contribution in [2.24, 2.45) is 0 Å². The van der Waals surface area contributed by atoms with E-state index < -0.39 is 23.9 Å². The minimum atomic E-state index is -4.74. The van der Waals surface area contributed by atoms with Crippen molar-refractivity contribution in [3.05, 3.63) is 89.9 Å². The Labute approximate surface area is 185 Å². The highest BCUT2D eigenvalue weighted by atomic mass is 19.4. The molecule has 0 saturated carbocycles. The molecule has 168 valence electrons. The van der Waals surface area contributed by atoms with Gasteiger partial charge in [0.25, 0.3) is 11.9 Å². The molecule has 0 aliphatic rings. The van der Waals surface area contributed by atoms with Gasteiger partial charge in [-0.2, -0.15) is 18.3 Å². The first kappa shape index (κ1) is 22.1. The first-order chi connectivity index (χ1) is 15.8. The molecule has 7 nitrogen and oxygen atoms in total. The number of benzene rings is 1. The minimum absolute atomic E-state index is 0.0342. The van der Waals surface area contributed by atoms with Gasteiger partial charge in [0, 0.05) is 29.7 Å². The van der Waals surface area contributed by atoms with Crippen molar-refractivity contribution in [1.82, 2.24) is 30.0 Å². The molecule has 11 heteroatoms. The second-order valence-corrected chi connectivity index (χ2v) is 7.01. The maximum Gasteiger partial charge on any atom is 0.412 e. The first-order valence-electron chi connectivity index (χ1n) is 9.66. The fraction of sp³-hybridized carbons (Fsp3) is 0.136. The Hall–Kier alpha value is -4.15. The van der Waals surface area contributed by atoms with Crippen molar-refractivity contribution in [3.8, 4) is 17.2 Å². The van der Waals surface area contributed by atoms with Crippen LogP contribution in [0, 0.1) is 12.7 Å². The van der Waals surface area contributed by atoms with Crippen molar-refractivity contribution >= 4 is 5.91 Å². The van der Waals surface area contributed by atoms with Crippen LogP contribution in [0.5, 0.6) is 0 Å². The van der Waals surface area contributed by atoms with Crippen molar-refractivity contribution in [2.75, 3.05) is 0 Å². The smallest absolute Gasteiger partial charge is 0.337 e. The van der Waals surface area contributed by atoms with E-state index in [2.05, 4.69) is 20.1 Å². The number of rotatable bonds is 5. The first-order valence-corrected chi connectivity index (χ1v) is 9.66. The number of halogens is 4. The number of hydrogen-bond acceptors (Lipinski definition) is 5. The van der Waals surface area contributed by atoms with Gasteiger partial charge in [0.1, 0.15) is 5.82 Å². The van der Waals surface area contributed by atoms with E-state index in [1.165, 1.54) is 48.3 Å². The number of amides is 1. The van der Waals surface area contributed by atoms with Crippen molar-refractivity contribution in [3.63, 3.8) is 0 Å². The second-order valence-electron chi connectivity index (χ2n) is 7.01. The lowest BCUT2D eigenvalue weighted by atomic mass is 10.1. The number of nitrogens with one attached hydrogen (secondary N) is 1. The van der Waals surface area contributed by atoms with Gasteiger partial charge < -0.3 is 5.32 Å². The average Bonchev–Trinajstić information content (AvgIpc) is 3.19. The summed E-state index contributed by atoms with van der Waals surface area (Å²) in [6.45, 7) is 1.49. The Morgan fingerprint density at radius 3 is 2.55 bits per heavy atom. The topological polar surface area (TPSA) is 85.6 Å². The highest BCUT2D eigenvalue weighted by Gasteiger charge is 2.42. The van der Waals surface area contributed by atoms with Gasteiger partial charge in [-0.15, -0.1) is 0 Å². The Morgan fingerprint density at radius 2 is 1.85 bits per heavy atom. The summed E-state index contributed by atoms with van der Waals surface area (Å²) in [6, 6.07) is 7.87. The zero-order chi connectivity index (χ0) is 23.6.